The third-order valence-electron chi connectivity index (χ3n) is 6.25. The van der Waals surface area contributed by atoms with Crippen molar-refractivity contribution in [2.24, 2.45) is 5.92 Å². The number of carbonyl (C=O) groups is 2. The Morgan fingerprint density at radius 3 is 2.34 bits per heavy atom. The minimum atomic E-state index is -0.118. The van der Waals surface area contributed by atoms with Crippen molar-refractivity contribution in [3.63, 3.8) is 0 Å². The summed E-state index contributed by atoms with van der Waals surface area (Å²) >= 11 is 5.93. The third kappa shape index (κ3) is 5.81. The van der Waals surface area contributed by atoms with E-state index in [1.54, 1.807) is 24.3 Å². The molecule has 0 unspecified atom stereocenters. The number of carbonyl (C=O) groups excluding carboxylic acids is 2. The number of nitrogens with zero attached hydrogens (tertiary/aromatic N) is 3. The summed E-state index contributed by atoms with van der Waals surface area (Å²) in [4.78, 5) is 32.1. The van der Waals surface area contributed by atoms with E-state index in [9.17, 15) is 9.59 Å². The summed E-state index contributed by atoms with van der Waals surface area (Å²) in [7, 11) is 0. The van der Waals surface area contributed by atoms with Gasteiger partial charge in [0.15, 0.2) is 0 Å². The first-order valence-corrected chi connectivity index (χ1v) is 11.7. The molecule has 0 saturated carbocycles. The van der Waals surface area contributed by atoms with E-state index in [1.807, 2.05) is 40.1 Å². The molecule has 4 rings (SSSR count). The predicted octanol–water partition coefficient (Wildman–Crippen LogP) is 3.42. The number of para-hydroxylation sites is 1. The van der Waals surface area contributed by atoms with Gasteiger partial charge in [0, 0.05) is 56.4 Å². The Bertz CT molecular complexity index is 898. The lowest BCUT2D eigenvalue weighted by Crippen LogP contribution is -2.53. The minimum Gasteiger partial charge on any atom is -0.492 e. The average molecular weight is 456 g/mol. The molecular formula is C25H30ClN3O3. The van der Waals surface area contributed by atoms with Gasteiger partial charge in [0.25, 0.3) is 5.91 Å². The molecule has 2 aromatic rings. The Hall–Kier alpha value is -2.57. The fourth-order valence-electron chi connectivity index (χ4n) is 4.40. The summed E-state index contributed by atoms with van der Waals surface area (Å²) in [5, 5.41) is 0.610. The Kier molecular flexibility index (Phi) is 7.66. The summed E-state index contributed by atoms with van der Waals surface area (Å²) in [5.74, 6) is 0.922. The fourth-order valence-corrected chi connectivity index (χ4v) is 4.52. The number of ether oxygens (including phenoxy) is 1. The molecule has 2 heterocycles. The highest BCUT2D eigenvalue weighted by atomic mass is 35.5. The number of likely N-dealkylation sites (tertiary alicyclic amines) is 1. The molecule has 0 N–H and O–H groups in total. The lowest BCUT2D eigenvalue weighted by Gasteiger charge is -2.39. The van der Waals surface area contributed by atoms with Crippen molar-refractivity contribution in [3.05, 3.63) is 65.2 Å². The first-order valence-electron chi connectivity index (χ1n) is 11.3. The quantitative estimate of drug-likeness (QED) is 0.669. The fraction of sp³-hybridized carbons (Fsp3) is 0.440. The number of benzene rings is 2. The van der Waals surface area contributed by atoms with Crippen LogP contribution in [0.4, 0.5) is 0 Å². The zero-order chi connectivity index (χ0) is 22.3. The Balaban J connectivity index is 1.23. The maximum Gasteiger partial charge on any atom is 0.253 e. The van der Waals surface area contributed by atoms with Gasteiger partial charge in [-0.1, -0.05) is 29.8 Å². The van der Waals surface area contributed by atoms with E-state index in [1.165, 1.54) is 0 Å². The summed E-state index contributed by atoms with van der Waals surface area (Å²) in [6, 6.07) is 16.8. The Labute approximate surface area is 194 Å². The van der Waals surface area contributed by atoms with E-state index < -0.39 is 0 Å². The number of halogens is 1. The molecular weight excluding hydrogens is 426 g/mol. The van der Waals surface area contributed by atoms with E-state index in [-0.39, 0.29) is 17.7 Å². The van der Waals surface area contributed by atoms with Crippen LogP contribution < -0.4 is 4.74 Å². The molecule has 7 heteroatoms. The molecule has 2 saturated heterocycles. The highest BCUT2D eigenvalue weighted by Gasteiger charge is 2.32. The van der Waals surface area contributed by atoms with Crippen molar-refractivity contribution < 1.29 is 14.3 Å². The van der Waals surface area contributed by atoms with Crippen molar-refractivity contribution in [3.8, 4) is 5.75 Å². The second kappa shape index (κ2) is 10.8. The largest absolute Gasteiger partial charge is 0.492 e. The van der Waals surface area contributed by atoms with Crippen LogP contribution in [-0.2, 0) is 4.79 Å². The highest BCUT2D eigenvalue weighted by molar-refractivity contribution is 6.30. The first kappa shape index (κ1) is 22.6. The molecule has 2 aliphatic heterocycles. The van der Waals surface area contributed by atoms with Crippen molar-refractivity contribution in [2.45, 2.75) is 12.8 Å². The van der Waals surface area contributed by atoms with Crippen molar-refractivity contribution in [1.29, 1.82) is 0 Å². The second-order valence-electron chi connectivity index (χ2n) is 8.43. The Morgan fingerprint density at radius 2 is 1.62 bits per heavy atom. The third-order valence-corrected chi connectivity index (χ3v) is 6.50. The van der Waals surface area contributed by atoms with Crippen LogP contribution in [0.25, 0.3) is 0 Å². The molecule has 0 radical (unpaired) electrons. The van der Waals surface area contributed by atoms with Crippen molar-refractivity contribution in [1.82, 2.24) is 14.7 Å². The van der Waals surface area contributed by atoms with Gasteiger partial charge in [0.1, 0.15) is 12.4 Å². The summed E-state index contributed by atoms with van der Waals surface area (Å²) in [5.41, 5.74) is 0.619. The second-order valence-corrected chi connectivity index (χ2v) is 8.86. The number of amides is 2. The topological polar surface area (TPSA) is 53.1 Å². The van der Waals surface area contributed by atoms with E-state index in [2.05, 4.69) is 4.90 Å². The molecule has 32 heavy (non-hydrogen) atoms. The molecule has 2 amide bonds. The minimum absolute atomic E-state index is 0.0256. The molecule has 170 valence electrons. The van der Waals surface area contributed by atoms with Gasteiger partial charge < -0.3 is 14.5 Å². The van der Waals surface area contributed by atoms with Crippen LogP contribution in [-0.4, -0.2) is 78.9 Å². The number of hydrogen-bond acceptors (Lipinski definition) is 4. The maximum absolute atomic E-state index is 13.1. The monoisotopic (exact) mass is 455 g/mol. The van der Waals surface area contributed by atoms with Gasteiger partial charge >= 0.3 is 0 Å². The Morgan fingerprint density at radius 1 is 0.906 bits per heavy atom. The van der Waals surface area contributed by atoms with Crippen molar-refractivity contribution >= 4 is 23.4 Å². The molecule has 0 aromatic heterocycles. The normalized spacial score (nSPS) is 19.6. The van der Waals surface area contributed by atoms with Crippen LogP contribution >= 0.6 is 11.6 Å². The van der Waals surface area contributed by atoms with Crippen LogP contribution in [0.3, 0.4) is 0 Å². The van der Waals surface area contributed by atoms with Gasteiger partial charge in [-0.2, -0.15) is 0 Å². The molecule has 0 aliphatic carbocycles. The van der Waals surface area contributed by atoms with Crippen LogP contribution in [0.2, 0.25) is 5.02 Å². The van der Waals surface area contributed by atoms with Crippen LogP contribution in [0.15, 0.2) is 54.6 Å². The van der Waals surface area contributed by atoms with Crippen LogP contribution in [0, 0.1) is 5.92 Å². The SMILES string of the molecule is O=C(c1ccc(Cl)cc1)N1CCC[C@@H](C(=O)N2CCN(CCOc3ccccc3)CC2)C1. The van der Waals surface area contributed by atoms with Gasteiger partial charge in [-0.05, 0) is 49.2 Å². The molecule has 2 aliphatic rings. The maximum atomic E-state index is 13.1. The van der Waals surface area contributed by atoms with Crippen molar-refractivity contribution in [2.75, 3.05) is 52.4 Å². The molecule has 2 fully saturated rings. The smallest absolute Gasteiger partial charge is 0.253 e. The van der Waals surface area contributed by atoms with Gasteiger partial charge in [-0.3, -0.25) is 14.5 Å². The molecule has 0 spiro atoms. The van der Waals surface area contributed by atoms with E-state index in [0.717, 1.165) is 51.3 Å². The zero-order valence-electron chi connectivity index (χ0n) is 18.3. The van der Waals surface area contributed by atoms with Gasteiger partial charge in [0.05, 0.1) is 5.92 Å². The molecule has 1 atom stereocenters. The molecule has 2 aromatic carbocycles. The average Bonchev–Trinajstić information content (AvgIpc) is 2.85. The van der Waals surface area contributed by atoms with Crippen LogP contribution in [0.1, 0.15) is 23.2 Å². The number of piperazine rings is 1. The van der Waals surface area contributed by atoms with Gasteiger partial charge in [-0.25, -0.2) is 0 Å². The van der Waals surface area contributed by atoms with Gasteiger partial charge in [0.2, 0.25) is 5.91 Å². The first-order chi connectivity index (χ1) is 15.6. The number of hydrogen-bond donors (Lipinski definition) is 0. The predicted molar refractivity (Wildman–Crippen MR) is 125 cm³/mol. The van der Waals surface area contributed by atoms with E-state index >= 15 is 0 Å². The molecule has 6 nitrogen and oxygen atoms in total. The summed E-state index contributed by atoms with van der Waals surface area (Å²) in [6.07, 6.45) is 1.70. The lowest BCUT2D eigenvalue weighted by molar-refractivity contribution is -0.138. The molecule has 0 bridgehead atoms. The van der Waals surface area contributed by atoms with Crippen LogP contribution in [0.5, 0.6) is 5.75 Å². The highest BCUT2D eigenvalue weighted by Crippen LogP contribution is 2.22. The van der Waals surface area contributed by atoms with E-state index in [4.69, 9.17) is 16.3 Å². The number of piperidine rings is 1. The summed E-state index contributed by atoms with van der Waals surface area (Å²) in [6.45, 7) is 5.84. The zero-order valence-corrected chi connectivity index (χ0v) is 19.0. The summed E-state index contributed by atoms with van der Waals surface area (Å²) < 4.78 is 5.79. The number of rotatable bonds is 6. The lowest BCUT2D eigenvalue weighted by atomic mass is 9.95. The standard InChI is InChI=1S/C25H30ClN3O3/c26-22-10-8-20(9-11-22)24(30)29-12-4-5-21(19-29)25(31)28-15-13-27(14-16-28)17-18-32-23-6-2-1-3-7-23/h1-3,6-11,21H,4-5,12-19H2/t21-/m1/s1. The van der Waals surface area contributed by atoms with Gasteiger partial charge in [-0.15, -0.1) is 0 Å². The van der Waals surface area contributed by atoms with E-state index in [0.29, 0.717) is 30.3 Å².